The van der Waals surface area contributed by atoms with Crippen molar-refractivity contribution in [1.82, 2.24) is 0 Å². The maximum atomic E-state index is 6.08. The minimum atomic E-state index is 0.490. The summed E-state index contributed by atoms with van der Waals surface area (Å²) >= 11 is 0. The van der Waals surface area contributed by atoms with Gasteiger partial charge in [0.2, 0.25) is 0 Å². The highest BCUT2D eigenvalue weighted by Gasteiger charge is 2.10. The van der Waals surface area contributed by atoms with Crippen molar-refractivity contribution >= 4 is 5.69 Å². The maximum absolute atomic E-state index is 6.08. The summed E-state index contributed by atoms with van der Waals surface area (Å²) in [6.07, 6.45) is 0.941. The van der Waals surface area contributed by atoms with Crippen molar-refractivity contribution in [3.05, 3.63) is 42.5 Å². The van der Waals surface area contributed by atoms with E-state index >= 15 is 0 Å². The van der Waals surface area contributed by atoms with E-state index < -0.39 is 0 Å². The topological polar surface area (TPSA) is 53.7 Å². The van der Waals surface area contributed by atoms with Crippen LogP contribution >= 0.6 is 0 Å². The fourth-order valence-corrected chi connectivity index (χ4v) is 1.88. The van der Waals surface area contributed by atoms with Crippen LogP contribution in [0.4, 0.5) is 5.69 Å². The molecule has 0 unspecified atom stereocenters. The van der Waals surface area contributed by atoms with E-state index in [0.29, 0.717) is 41.9 Å². The molecule has 0 saturated heterocycles. The van der Waals surface area contributed by atoms with Gasteiger partial charge in [0, 0.05) is 0 Å². The van der Waals surface area contributed by atoms with Gasteiger partial charge in [-0.2, -0.15) is 0 Å². The second-order valence-electron chi connectivity index (χ2n) is 4.50. The lowest BCUT2D eigenvalue weighted by Crippen LogP contribution is -2.00. The lowest BCUT2D eigenvalue weighted by atomic mass is 10.2. The Morgan fingerprint density at radius 2 is 1.48 bits per heavy atom. The molecule has 0 heterocycles. The summed E-state index contributed by atoms with van der Waals surface area (Å²) in [6, 6.07) is 13.0. The number of nitrogens with two attached hydrogens (primary N) is 1. The second-order valence-corrected chi connectivity index (χ2v) is 4.50. The molecule has 0 saturated carbocycles. The molecule has 0 atom stereocenters. The first kappa shape index (κ1) is 15.0. The molecule has 0 aliphatic heterocycles. The summed E-state index contributed by atoms with van der Waals surface area (Å²) in [5.41, 5.74) is 6.57. The summed E-state index contributed by atoms with van der Waals surface area (Å²) in [5.74, 6) is 2.54. The Balaban J connectivity index is 2.24. The van der Waals surface area contributed by atoms with Gasteiger partial charge in [-0.05, 0) is 37.6 Å². The van der Waals surface area contributed by atoms with E-state index in [1.807, 2.05) is 49.4 Å². The van der Waals surface area contributed by atoms with Crippen LogP contribution in [0.2, 0.25) is 0 Å². The SMILES string of the molecule is CCCOc1ccccc1Oc1cccc(OCC)c1N. The fourth-order valence-electron chi connectivity index (χ4n) is 1.88. The summed E-state index contributed by atoms with van der Waals surface area (Å²) in [7, 11) is 0. The predicted molar refractivity (Wildman–Crippen MR) is 84.3 cm³/mol. The van der Waals surface area contributed by atoms with E-state index in [0.717, 1.165) is 6.42 Å². The minimum Gasteiger partial charge on any atom is -0.492 e. The highest BCUT2D eigenvalue weighted by Crippen LogP contribution is 2.37. The molecule has 0 spiro atoms. The number of benzene rings is 2. The molecule has 2 aromatic rings. The van der Waals surface area contributed by atoms with Gasteiger partial charge in [0.05, 0.1) is 13.2 Å². The van der Waals surface area contributed by atoms with Crippen molar-refractivity contribution in [2.24, 2.45) is 0 Å². The van der Waals surface area contributed by atoms with Gasteiger partial charge < -0.3 is 19.9 Å². The third-order valence-electron chi connectivity index (χ3n) is 2.86. The number of nitrogen functional groups attached to an aromatic ring is 1. The van der Waals surface area contributed by atoms with Crippen molar-refractivity contribution in [1.29, 1.82) is 0 Å². The van der Waals surface area contributed by atoms with E-state index in [1.165, 1.54) is 0 Å². The second kappa shape index (κ2) is 7.43. The Kier molecular flexibility index (Phi) is 5.32. The zero-order chi connectivity index (χ0) is 15.1. The van der Waals surface area contributed by atoms with Crippen LogP contribution in [0.3, 0.4) is 0 Å². The lowest BCUT2D eigenvalue weighted by Gasteiger charge is -2.15. The molecule has 0 amide bonds. The summed E-state index contributed by atoms with van der Waals surface area (Å²) in [5, 5.41) is 0. The largest absolute Gasteiger partial charge is 0.492 e. The van der Waals surface area contributed by atoms with Gasteiger partial charge >= 0.3 is 0 Å². The van der Waals surface area contributed by atoms with Crippen LogP contribution in [0.5, 0.6) is 23.0 Å². The van der Waals surface area contributed by atoms with Gasteiger partial charge in [-0.15, -0.1) is 0 Å². The number of hydrogen-bond acceptors (Lipinski definition) is 4. The molecule has 0 fully saturated rings. The third kappa shape index (κ3) is 3.81. The van der Waals surface area contributed by atoms with Gasteiger partial charge in [0.15, 0.2) is 17.2 Å². The van der Waals surface area contributed by atoms with Gasteiger partial charge in [0.25, 0.3) is 0 Å². The molecule has 4 heteroatoms. The average Bonchev–Trinajstić information content (AvgIpc) is 2.50. The summed E-state index contributed by atoms with van der Waals surface area (Å²) in [6.45, 7) is 5.19. The van der Waals surface area contributed by atoms with Crippen molar-refractivity contribution in [3.8, 4) is 23.0 Å². The lowest BCUT2D eigenvalue weighted by molar-refractivity contribution is 0.301. The number of hydrogen-bond donors (Lipinski definition) is 1. The normalized spacial score (nSPS) is 10.2. The van der Waals surface area contributed by atoms with E-state index in [9.17, 15) is 0 Å². The van der Waals surface area contributed by atoms with Crippen LogP contribution < -0.4 is 19.9 Å². The zero-order valence-electron chi connectivity index (χ0n) is 12.5. The third-order valence-corrected chi connectivity index (χ3v) is 2.86. The van der Waals surface area contributed by atoms with E-state index in [2.05, 4.69) is 6.92 Å². The fraction of sp³-hybridized carbons (Fsp3) is 0.294. The Bertz CT molecular complexity index is 584. The van der Waals surface area contributed by atoms with Crippen LogP contribution in [0.15, 0.2) is 42.5 Å². The van der Waals surface area contributed by atoms with Crippen LogP contribution in [-0.4, -0.2) is 13.2 Å². The standard InChI is InChI=1S/C17H21NO3/c1-3-12-20-13-8-5-6-9-14(13)21-16-11-7-10-15(17(16)18)19-4-2/h5-11H,3-4,12,18H2,1-2H3. The van der Waals surface area contributed by atoms with Crippen molar-refractivity contribution in [3.63, 3.8) is 0 Å². The molecular formula is C17H21NO3. The minimum absolute atomic E-state index is 0.490. The Hall–Kier alpha value is -2.36. The predicted octanol–water partition coefficient (Wildman–Crippen LogP) is 4.25. The quantitative estimate of drug-likeness (QED) is 0.773. The van der Waals surface area contributed by atoms with Gasteiger partial charge in [-0.3, -0.25) is 0 Å². The first-order valence-corrected chi connectivity index (χ1v) is 7.17. The number of anilines is 1. The van der Waals surface area contributed by atoms with Crippen molar-refractivity contribution in [2.75, 3.05) is 18.9 Å². The number of para-hydroxylation sites is 3. The first-order valence-electron chi connectivity index (χ1n) is 7.17. The monoisotopic (exact) mass is 287 g/mol. The molecular weight excluding hydrogens is 266 g/mol. The molecule has 0 aromatic heterocycles. The maximum Gasteiger partial charge on any atom is 0.169 e. The van der Waals surface area contributed by atoms with Crippen molar-refractivity contribution in [2.45, 2.75) is 20.3 Å². The van der Waals surface area contributed by atoms with Gasteiger partial charge in [-0.1, -0.05) is 25.1 Å². The molecule has 2 N–H and O–H groups in total. The van der Waals surface area contributed by atoms with Crippen LogP contribution in [0, 0.1) is 0 Å². The molecule has 0 aliphatic rings. The Labute approximate surface area is 125 Å². The zero-order valence-corrected chi connectivity index (χ0v) is 12.5. The van der Waals surface area contributed by atoms with Gasteiger partial charge in [0.1, 0.15) is 11.4 Å². The number of rotatable bonds is 7. The average molecular weight is 287 g/mol. The molecule has 21 heavy (non-hydrogen) atoms. The highest BCUT2D eigenvalue weighted by atomic mass is 16.5. The molecule has 2 rings (SSSR count). The summed E-state index contributed by atoms with van der Waals surface area (Å²) in [4.78, 5) is 0. The summed E-state index contributed by atoms with van der Waals surface area (Å²) < 4.78 is 17.0. The molecule has 112 valence electrons. The molecule has 0 aliphatic carbocycles. The molecule has 0 radical (unpaired) electrons. The molecule has 2 aromatic carbocycles. The van der Waals surface area contributed by atoms with Crippen LogP contribution in [-0.2, 0) is 0 Å². The molecule has 4 nitrogen and oxygen atoms in total. The molecule has 0 bridgehead atoms. The van der Waals surface area contributed by atoms with E-state index in [-0.39, 0.29) is 0 Å². The highest BCUT2D eigenvalue weighted by molar-refractivity contribution is 5.64. The van der Waals surface area contributed by atoms with Crippen LogP contribution in [0.1, 0.15) is 20.3 Å². The number of ether oxygens (including phenoxy) is 3. The first-order chi connectivity index (χ1) is 10.3. The van der Waals surface area contributed by atoms with E-state index in [4.69, 9.17) is 19.9 Å². The smallest absolute Gasteiger partial charge is 0.169 e. The van der Waals surface area contributed by atoms with Crippen LogP contribution in [0.25, 0.3) is 0 Å². The Morgan fingerprint density at radius 1 is 0.810 bits per heavy atom. The van der Waals surface area contributed by atoms with Crippen molar-refractivity contribution < 1.29 is 14.2 Å². The van der Waals surface area contributed by atoms with E-state index in [1.54, 1.807) is 0 Å². The Morgan fingerprint density at radius 3 is 2.19 bits per heavy atom. The van der Waals surface area contributed by atoms with Gasteiger partial charge in [-0.25, -0.2) is 0 Å².